The van der Waals surface area contributed by atoms with Crippen LogP contribution in [0.1, 0.15) is 18.6 Å². The number of carbonyl (C=O) groups excluding carboxylic acids is 1. The molecular formula is C12H13F3O3. The van der Waals surface area contributed by atoms with Crippen LogP contribution in [0.15, 0.2) is 24.3 Å². The summed E-state index contributed by atoms with van der Waals surface area (Å²) in [5.41, 5.74) is 0.0368. The van der Waals surface area contributed by atoms with Crippen molar-refractivity contribution in [2.75, 3.05) is 6.61 Å². The molecule has 0 spiro atoms. The maximum atomic E-state index is 12.8. The lowest BCUT2D eigenvalue weighted by Gasteiger charge is -2.20. The second kappa shape index (κ2) is 6.39. The molecule has 100 valence electrons. The second-order valence-electron chi connectivity index (χ2n) is 3.61. The molecule has 18 heavy (non-hydrogen) atoms. The molecule has 3 nitrogen and oxygen atoms in total. The Kier molecular flexibility index (Phi) is 5.15. The van der Waals surface area contributed by atoms with Crippen LogP contribution in [-0.2, 0) is 9.53 Å². The number of alkyl halides is 2. The summed E-state index contributed by atoms with van der Waals surface area (Å²) < 4.78 is 42.7. The Morgan fingerprint density at radius 1 is 1.33 bits per heavy atom. The Labute approximate surface area is 102 Å². The number of hydrogen-bond acceptors (Lipinski definition) is 3. The average molecular weight is 262 g/mol. The van der Waals surface area contributed by atoms with Gasteiger partial charge < -0.3 is 9.84 Å². The molecule has 0 bridgehead atoms. The summed E-state index contributed by atoms with van der Waals surface area (Å²) in [4.78, 5) is 11.3. The lowest BCUT2D eigenvalue weighted by molar-refractivity contribution is -0.160. The molecule has 1 aromatic rings. The number of hydrogen-bond donors (Lipinski definition) is 1. The summed E-state index contributed by atoms with van der Waals surface area (Å²) in [6.07, 6.45) is -4.80. The van der Waals surface area contributed by atoms with E-state index in [0.717, 1.165) is 24.3 Å². The van der Waals surface area contributed by atoms with E-state index in [2.05, 4.69) is 4.74 Å². The number of esters is 1. The highest BCUT2D eigenvalue weighted by atomic mass is 19.3. The first-order chi connectivity index (χ1) is 8.47. The van der Waals surface area contributed by atoms with E-state index in [1.54, 1.807) is 0 Å². The van der Waals surface area contributed by atoms with Crippen LogP contribution < -0.4 is 0 Å². The maximum absolute atomic E-state index is 12.8. The van der Waals surface area contributed by atoms with Gasteiger partial charge >= 0.3 is 5.97 Å². The molecule has 0 fully saturated rings. The van der Waals surface area contributed by atoms with Crippen LogP contribution in [0.2, 0.25) is 0 Å². The third-order valence-corrected chi connectivity index (χ3v) is 2.38. The minimum absolute atomic E-state index is 0.0368. The molecule has 1 N–H and O–H groups in total. The van der Waals surface area contributed by atoms with Crippen molar-refractivity contribution in [1.29, 1.82) is 0 Å². The van der Waals surface area contributed by atoms with Crippen LogP contribution >= 0.6 is 0 Å². The van der Waals surface area contributed by atoms with Crippen molar-refractivity contribution in [3.05, 3.63) is 35.6 Å². The molecule has 0 aliphatic carbocycles. The first-order valence-corrected chi connectivity index (χ1v) is 5.35. The van der Waals surface area contributed by atoms with Gasteiger partial charge in [0.25, 0.3) is 6.43 Å². The van der Waals surface area contributed by atoms with E-state index in [-0.39, 0.29) is 12.2 Å². The van der Waals surface area contributed by atoms with Crippen LogP contribution in [0.3, 0.4) is 0 Å². The summed E-state index contributed by atoms with van der Waals surface area (Å²) in [6, 6.07) is 4.34. The van der Waals surface area contributed by atoms with Crippen molar-refractivity contribution >= 4 is 5.97 Å². The monoisotopic (exact) mass is 262 g/mol. The van der Waals surface area contributed by atoms with E-state index in [4.69, 9.17) is 0 Å². The zero-order valence-electron chi connectivity index (χ0n) is 9.65. The van der Waals surface area contributed by atoms with Gasteiger partial charge in [-0.15, -0.1) is 0 Å². The molecule has 1 rings (SSSR count). The van der Waals surface area contributed by atoms with Crippen LogP contribution in [0.25, 0.3) is 0 Å². The molecule has 0 aliphatic heterocycles. The summed E-state index contributed by atoms with van der Waals surface area (Å²) >= 11 is 0. The molecule has 0 saturated heterocycles. The minimum Gasteiger partial charge on any atom is -0.466 e. The third kappa shape index (κ3) is 3.46. The topological polar surface area (TPSA) is 46.5 Å². The SMILES string of the molecule is CCOC(=O)C(C(F)F)C(O)c1ccc(F)cc1. The predicted octanol–water partition coefficient (Wildman–Crippen LogP) is 2.30. The van der Waals surface area contributed by atoms with Gasteiger partial charge in [-0.1, -0.05) is 12.1 Å². The van der Waals surface area contributed by atoms with Gasteiger partial charge in [0.05, 0.1) is 12.7 Å². The molecule has 2 unspecified atom stereocenters. The quantitative estimate of drug-likeness (QED) is 0.828. The highest BCUT2D eigenvalue weighted by Gasteiger charge is 2.37. The van der Waals surface area contributed by atoms with Crippen LogP contribution in [0.4, 0.5) is 13.2 Å². The number of aliphatic hydroxyl groups is 1. The van der Waals surface area contributed by atoms with Gasteiger partial charge in [0, 0.05) is 0 Å². The van der Waals surface area contributed by atoms with Crippen LogP contribution in [-0.4, -0.2) is 24.1 Å². The molecule has 0 amide bonds. The van der Waals surface area contributed by atoms with Gasteiger partial charge in [0.1, 0.15) is 11.7 Å². The van der Waals surface area contributed by atoms with E-state index in [1.807, 2.05) is 0 Å². The van der Waals surface area contributed by atoms with Crippen molar-refractivity contribution in [1.82, 2.24) is 0 Å². The number of rotatable bonds is 5. The Hall–Kier alpha value is -1.56. The summed E-state index contributed by atoms with van der Waals surface area (Å²) in [6.45, 7) is 1.42. The lowest BCUT2D eigenvalue weighted by Crippen LogP contribution is -2.30. The van der Waals surface area contributed by atoms with Crippen molar-refractivity contribution in [2.24, 2.45) is 5.92 Å². The number of aliphatic hydroxyl groups excluding tert-OH is 1. The largest absolute Gasteiger partial charge is 0.466 e. The highest BCUT2D eigenvalue weighted by Crippen LogP contribution is 2.28. The summed E-state index contributed by atoms with van der Waals surface area (Å²) in [5.74, 6) is -3.71. The van der Waals surface area contributed by atoms with E-state index in [1.165, 1.54) is 6.92 Å². The van der Waals surface area contributed by atoms with E-state index in [0.29, 0.717) is 0 Å². The fourth-order valence-corrected chi connectivity index (χ4v) is 1.48. The van der Waals surface area contributed by atoms with Gasteiger partial charge in [-0.05, 0) is 24.6 Å². The first-order valence-electron chi connectivity index (χ1n) is 5.35. The Morgan fingerprint density at radius 3 is 2.33 bits per heavy atom. The number of benzene rings is 1. The molecule has 2 atom stereocenters. The van der Waals surface area contributed by atoms with E-state index < -0.39 is 30.2 Å². The van der Waals surface area contributed by atoms with Crippen molar-refractivity contribution in [3.63, 3.8) is 0 Å². The molecular weight excluding hydrogens is 249 g/mol. The predicted molar refractivity (Wildman–Crippen MR) is 57.5 cm³/mol. The van der Waals surface area contributed by atoms with Gasteiger partial charge in [-0.2, -0.15) is 0 Å². The van der Waals surface area contributed by atoms with Crippen molar-refractivity contribution < 1.29 is 27.8 Å². The zero-order chi connectivity index (χ0) is 13.7. The average Bonchev–Trinajstić information content (AvgIpc) is 2.29. The fourth-order valence-electron chi connectivity index (χ4n) is 1.48. The highest BCUT2D eigenvalue weighted by molar-refractivity contribution is 5.73. The van der Waals surface area contributed by atoms with Gasteiger partial charge in [-0.3, -0.25) is 4.79 Å². The molecule has 0 aliphatic rings. The second-order valence-corrected chi connectivity index (χ2v) is 3.61. The van der Waals surface area contributed by atoms with E-state index in [9.17, 15) is 23.1 Å². The Morgan fingerprint density at radius 2 is 1.89 bits per heavy atom. The Bertz CT molecular complexity index is 392. The summed E-state index contributed by atoms with van der Waals surface area (Å²) in [7, 11) is 0. The van der Waals surface area contributed by atoms with Gasteiger partial charge in [0.2, 0.25) is 0 Å². The molecule has 0 heterocycles. The van der Waals surface area contributed by atoms with Crippen LogP contribution in [0, 0.1) is 11.7 Å². The molecule has 0 radical (unpaired) electrons. The van der Waals surface area contributed by atoms with Gasteiger partial charge in [-0.25, -0.2) is 13.2 Å². The molecule has 0 saturated carbocycles. The lowest BCUT2D eigenvalue weighted by atomic mass is 9.96. The maximum Gasteiger partial charge on any atom is 0.317 e. The van der Waals surface area contributed by atoms with Gasteiger partial charge in [0.15, 0.2) is 0 Å². The smallest absolute Gasteiger partial charge is 0.317 e. The fraction of sp³-hybridized carbons (Fsp3) is 0.417. The zero-order valence-corrected chi connectivity index (χ0v) is 9.65. The third-order valence-electron chi connectivity index (χ3n) is 2.38. The van der Waals surface area contributed by atoms with E-state index >= 15 is 0 Å². The summed E-state index contributed by atoms with van der Waals surface area (Å²) in [5, 5.41) is 9.74. The normalized spacial score (nSPS) is 14.3. The number of halogens is 3. The number of carbonyl (C=O) groups is 1. The first kappa shape index (κ1) is 14.5. The molecule has 0 aromatic heterocycles. The van der Waals surface area contributed by atoms with Crippen molar-refractivity contribution in [2.45, 2.75) is 19.5 Å². The van der Waals surface area contributed by atoms with Crippen molar-refractivity contribution in [3.8, 4) is 0 Å². The molecule has 1 aromatic carbocycles. The standard InChI is InChI=1S/C12H13F3O3/c1-2-18-12(17)9(11(14)15)10(16)7-3-5-8(13)6-4-7/h3-6,9-11,16H,2H2,1H3. The Balaban J connectivity index is 2.92. The van der Waals surface area contributed by atoms with Crippen LogP contribution in [0.5, 0.6) is 0 Å². The minimum atomic E-state index is -3.07. The molecule has 6 heteroatoms. The number of ether oxygens (including phenoxy) is 1.